The molecule has 0 bridgehead atoms. The second kappa shape index (κ2) is 10.4. The number of hydrogen-bond acceptors (Lipinski definition) is 3. The number of likely N-dealkylation sites (tertiary alicyclic amines) is 2. The van der Waals surface area contributed by atoms with Gasteiger partial charge >= 0.3 is 0 Å². The number of Topliss-reactive ketones (excluding diaryl/α,β-unsaturated/α-hetero) is 1. The first-order valence-electron chi connectivity index (χ1n) is 9.50. The number of hydrogen-bond donors (Lipinski definition) is 0. The van der Waals surface area contributed by atoms with Gasteiger partial charge in [-0.1, -0.05) is 13.8 Å². The maximum Gasteiger partial charge on any atom is 0.130 e. The maximum absolute atomic E-state index is 11.2. The molecule has 0 aromatic carbocycles. The van der Waals surface area contributed by atoms with Crippen LogP contribution < -0.4 is 0 Å². The van der Waals surface area contributed by atoms with Gasteiger partial charge in [0.2, 0.25) is 0 Å². The molecule has 3 nitrogen and oxygen atoms in total. The first-order valence-corrected chi connectivity index (χ1v) is 9.50. The van der Waals surface area contributed by atoms with Crippen LogP contribution in [0.1, 0.15) is 66.7 Å². The third kappa shape index (κ3) is 6.78. The number of carbonyl (C=O) groups excluding carboxylic acids is 1. The summed E-state index contributed by atoms with van der Waals surface area (Å²) in [6.07, 6.45) is 5.99. The van der Waals surface area contributed by atoms with Crippen LogP contribution in [0.3, 0.4) is 0 Å². The van der Waals surface area contributed by atoms with E-state index in [4.69, 9.17) is 0 Å². The van der Waals surface area contributed by atoms with E-state index in [1.54, 1.807) is 6.92 Å². The average Bonchev–Trinajstić information content (AvgIpc) is 2.51. The van der Waals surface area contributed by atoms with Crippen LogP contribution in [0.15, 0.2) is 0 Å². The van der Waals surface area contributed by atoms with E-state index in [0.717, 1.165) is 12.3 Å². The third-order valence-corrected chi connectivity index (χ3v) is 5.18. The van der Waals surface area contributed by atoms with Crippen molar-refractivity contribution in [2.24, 2.45) is 11.8 Å². The summed E-state index contributed by atoms with van der Waals surface area (Å²) in [7, 11) is 0. The fourth-order valence-electron chi connectivity index (χ4n) is 3.80. The fraction of sp³-hybridized carbons (Fsp3) is 0.947. The van der Waals surface area contributed by atoms with Gasteiger partial charge in [-0.15, -0.1) is 0 Å². The van der Waals surface area contributed by atoms with Gasteiger partial charge in [0.05, 0.1) is 0 Å². The van der Waals surface area contributed by atoms with Crippen LogP contribution in [-0.2, 0) is 4.79 Å². The first-order chi connectivity index (χ1) is 10.5. The first kappa shape index (κ1) is 19.6. The van der Waals surface area contributed by atoms with Crippen LogP contribution in [0, 0.1) is 11.8 Å². The Balaban J connectivity index is 0.00000116. The van der Waals surface area contributed by atoms with Crippen molar-refractivity contribution >= 4 is 5.78 Å². The Labute approximate surface area is 138 Å². The molecular weight excluding hydrogens is 272 g/mol. The third-order valence-electron chi connectivity index (χ3n) is 5.18. The Kier molecular flexibility index (Phi) is 9.27. The van der Waals surface area contributed by atoms with E-state index in [9.17, 15) is 4.79 Å². The van der Waals surface area contributed by atoms with Crippen molar-refractivity contribution in [3.63, 3.8) is 0 Å². The van der Waals surface area contributed by atoms with Crippen molar-refractivity contribution in [2.45, 2.75) is 72.8 Å². The fourth-order valence-corrected chi connectivity index (χ4v) is 3.80. The molecule has 0 saturated carbocycles. The van der Waals surface area contributed by atoms with Gasteiger partial charge in [0.1, 0.15) is 5.78 Å². The predicted molar refractivity (Wildman–Crippen MR) is 95.2 cm³/mol. The SMILES string of the molecule is CC.CC(=O)CC1CCN(CC2CCN(C(C)C)CC2)CC1. The lowest BCUT2D eigenvalue weighted by Crippen LogP contribution is -2.43. The van der Waals surface area contributed by atoms with Crippen LogP contribution >= 0.6 is 0 Å². The summed E-state index contributed by atoms with van der Waals surface area (Å²) in [6, 6.07) is 0.707. The highest BCUT2D eigenvalue weighted by Gasteiger charge is 2.25. The largest absolute Gasteiger partial charge is 0.303 e. The lowest BCUT2D eigenvalue weighted by atomic mass is 9.90. The van der Waals surface area contributed by atoms with Crippen molar-refractivity contribution in [3.8, 4) is 0 Å². The van der Waals surface area contributed by atoms with Crippen LogP contribution in [0.5, 0.6) is 0 Å². The van der Waals surface area contributed by atoms with Gasteiger partial charge < -0.3 is 14.6 Å². The Bertz CT molecular complexity index is 301. The molecule has 2 rings (SSSR count). The van der Waals surface area contributed by atoms with Crippen LogP contribution in [0.2, 0.25) is 0 Å². The zero-order chi connectivity index (χ0) is 16.5. The van der Waals surface area contributed by atoms with E-state index in [1.165, 1.54) is 58.4 Å². The molecule has 2 fully saturated rings. The second-order valence-electron chi connectivity index (χ2n) is 7.22. The molecule has 2 heterocycles. The van der Waals surface area contributed by atoms with Crippen molar-refractivity contribution in [2.75, 3.05) is 32.7 Å². The maximum atomic E-state index is 11.2. The van der Waals surface area contributed by atoms with E-state index in [2.05, 4.69) is 23.6 Å². The molecule has 130 valence electrons. The van der Waals surface area contributed by atoms with Crippen molar-refractivity contribution in [3.05, 3.63) is 0 Å². The molecule has 3 heteroatoms. The van der Waals surface area contributed by atoms with E-state index >= 15 is 0 Å². The Morgan fingerprint density at radius 3 is 1.91 bits per heavy atom. The molecule has 2 aliphatic rings. The topological polar surface area (TPSA) is 23.6 Å². The summed E-state index contributed by atoms with van der Waals surface area (Å²) in [5, 5.41) is 0. The standard InChI is InChI=1S/C17H32N2O.C2H6/c1-14(2)19-10-6-17(7-11-19)13-18-8-4-16(5-9-18)12-15(3)20;1-2/h14,16-17H,4-13H2,1-3H3;1-2H3. The van der Waals surface area contributed by atoms with Crippen LogP contribution in [-0.4, -0.2) is 54.3 Å². The van der Waals surface area contributed by atoms with Gasteiger partial charge in [-0.2, -0.15) is 0 Å². The van der Waals surface area contributed by atoms with E-state index in [0.29, 0.717) is 17.7 Å². The summed E-state index contributed by atoms with van der Waals surface area (Å²) >= 11 is 0. The Hall–Kier alpha value is -0.410. The van der Waals surface area contributed by atoms with Crippen LogP contribution in [0.25, 0.3) is 0 Å². The molecule has 0 amide bonds. The van der Waals surface area contributed by atoms with Crippen molar-refractivity contribution in [1.82, 2.24) is 9.80 Å². The van der Waals surface area contributed by atoms with Crippen LogP contribution in [0.4, 0.5) is 0 Å². The summed E-state index contributed by atoms with van der Waals surface area (Å²) < 4.78 is 0. The van der Waals surface area contributed by atoms with Gasteiger partial charge in [0.25, 0.3) is 0 Å². The van der Waals surface area contributed by atoms with Gasteiger partial charge in [-0.25, -0.2) is 0 Å². The number of ketones is 1. The summed E-state index contributed by atoms with van der Waals surface area (Å²) in [5.41, 5.74) is 0. The molecule has 0 spiro atoms. The molecule has 0 unspecified atom stereocenters. The molecule has 0 atom stereocenters. The number of carbonyl (C=O) groups is 1. The molecule has 0 N–H and O–H groups in total. The minimum atomic E-state index is 0.365. The predicted octanol–water partition coefficient (Wildman–Crippen LogP) is 3.82. The van der Waals surface area contributed by atoms with Crippen molar-refractivity contribution in [1.29, 1.82) is 0 Å². The lowest BCUT2D eigenvalue weighted by molar-refractivity contribution is -0.118. The molecule has 0 radical (unpaired) electrons. The van der Waals surface area contributed by atoms with E-state index in [-0.39, 0.29) is 0 Å². The second-order valence-corrected chi connectivity index (χ2v) is 7.22. The minimum absolute atomic E-state index is 0.365. The molecule has 0 aliphatic carbocycles. The number of piperidine rings is 2. The summed E-state index contributed by atoms with van der Waals surface area (Å²) in [6.45, 7) is 16.6. The monoisotopic (exact) mass is 310 g/mol. The normalized spacial score (nSPS) is 22.5. The molecular formula is C19H38N2O. The zero-order valence-electron chi connectivity index (χ0n) is 15.6. The molecule has 2 saturated heterocycles. The zero-order valence-corrected chi connectivity index (χ0v) is 15.6. The highest BCUT2D eigenvalue weighted by atomic mass is 16.1. The Morgan fingerprint density at radius 1 is 0.955 bits per heavy atom. The summed E-state index contributed by atoms with van der Waals surface area (Å²) in [4.78, 5) is 16.4. The average molecular weight is 311 g/mol. The van der Waals surface area contributed by atoms with Gasteiger partial charge in [0, 0.05) is 19.0 Å². The summed E-state index contributed by atoms with van der Waals surface area (Å²) in [5.74, 6) is 1.92. The lowest BCUT2D eigenvalue weighted by Gasteiger charge is -2.38. The quantitative estimate of drug-likeness (QED) is 0.771. The molecule has 0 aromatic rings. The smallest absolute Gasteiger partial charge is 0.130 e. The highest BCUT2D eigenvalue weighted by Crippen LogP contribution is 2.24. The van der Waals surface area contributed by atoms with Crippen molar-refractivity contribution < 1.29 is 4.79 Å². The van der Waals surface area contributed by atoms with E-state index in [1.807, 2.05) is 13.8 Å². The van der Waals surface area contributed by atoms with Gasteiger partial charge in [0.15, 0.2) is 0 Å². The highest BCUT2D eigenvalue weighted by molar-refractivity contribution is 5.75. The molecule has 0 aromatic heterocycles. The molecule has 2 aliphatic heterocycles. The minimum Gasteiger partial charge on any atom is -0.303 e. The Morgan fingerprint density at radius 2 is 1.45 bits per heavy atom. The number of nitrogens with zero attached hydrogens (tertiary/aromatic N) is 2. The van der Waals surface area contributed by atoms with Gasteiger partial charge in [-0.05, 0) is 84.5 Å². The number of rotatable bonds is 5. The van der Waals surface area contributed by atoms with E-state index < -0.39 is 0 Å². The van der Waals surface area contributed by atoms with Gasteiger partial charge in [-0.3, -0.25) is 0 Å². The molecule has 22 heavy (non-hydrogen) atoms.